The molecule has 0 fully saturated rings. The third kappa shape index (κ3) is 4.70. The number of nitro groups is 2. The molecule has 0 atom stereocenters. The van der Waals surface area contributed by atoms with Gasteiger partial charge in [0.1, 0.15) is 0 Å². The number of aryl methyl sites for hydroxylation is 1. The molecule has 166 valence electrons. The van der Waals surface area contributed by atoms with Crippen LogP contribution < -0.4 is 4.90 Å². The normalized spacial score (nSPS) is 10.8. The lowest BCUT2D eigenvalue weighted by molar-refractivity contribution is -0.394. The van der Waals surface area contributed by atoms with Crippen molar-refractivity contribution in [2.75, 3.05) is 4.90 Å². The van der Waals surface area contributed by atoms with Gasteiger partial charge in [-0.25, -0.2) is 4.98 Å². The Hall–Kier alpha value is -4.18. The van der Waals surface area contributed by atoms with E-state index in [4.69, 9.17) is 0 Å². The first-order valence-corrected chi connectivity index (χ1v) is 10.9. The van der Waals surface area contributed by atoms with Gasteiger partial charge in [-0.05, 0) is 29.7 Å². The number of hydrogen-bond acceptors (Lipinski definition) is 7. The van der Waals surface area contributed by atoms with Crippen molar-refractivity contribution in [3.05, 3.63) is 104 Å². The van der Waals surface area contributed by atoms with E-state index in [9.17, 15) is 25.0 Å². The SMILES string of the molecule is CCc1ccc2nc(N(Cc3ccccc3)C(=O)c3cc([N+](=O)[O-])cc([N+](=O)[O-])c3)sc2c1. The van der Waals surface area contributed by atoms with Crippen LogP contribution >= 0.6 is 11.3 Å². The van der Waals surface area contributed by atoms with E-state index in [1.54, 1.807) is 0 Å². The molecular formula is C23H18N4O5S. The third-order valence-electron chi connectivity index (χ3n) is 5.08. The summed E-state index contributed by atoms with van der Waals surface area (Å²) in [7, 11) is 0. The van der Waals surface area contributed by atoms with Gasteiger partial charge in [-0.3, -0.25) is 29.9 Å². The lowest BCUT2D eigenvalue weighted by atomic mass is 10.1. The van der Waals surface area contributed by atoms with Crippen LogP contribution in [0.5, 0.6) is 0 Å². The number of rotatable bonds is 7. The molecule has 0 saturated heterocycles. The number of anilines is 1. The smallest absolute Gasteiger partial charge is 0.277 e. The van der Waals surface area contributed by atoms with Crippen LogP contribution in [0, 0.1) is 20.2 Å². The zero-order valence-electron chi connectivity index (χ0n) is 17.5. The summed E-state index contributed by atoms with van der Waals surface area (Å²) in [4.78, 5) is 40.7. The van der Waals surface area contributed by atoms with Gasteiger partial charge in [0.05, 0.1) is 38.2 Å². The zero-order valence-corrected chi connectivity index (χ0v) is 18.3. The Kier molecular flexibility index (Phi) is 6.09. The molecule has 4 aromatic rings. The zero-order chi connectivity index (χ0) is 23.5. The first kappa shape index (κ1) is 22.0. The highest BCUT2D eigenvalue weighted by molar-refractivity contribution is 7.22. The molecule has 3 aromatic carbocycles. The number of carbonyl (C=O) groups is 1. The fourth-order valence-electron chi connectivity index (χ4n) is 3.37. The minimum absolute atomic E-state index is 0.149. The van der Waals surface area contributed by atoms with Crippen LogP contribution in [0.15, 0.2) is 66.7 Å². The number of nitro benzene ring substituents is 2. The average Bonchev–Trinajstić information content (AvgIpc) is 3.25. The number of benzene rings is 3. The number of aromatic nitrogens is 1. The summed E-state index contributed by atoms with van der Waals surface area (Å²) >= 11 is 1.32. The molecule has 0 saturated carbocycles. The maximum Gasteiger partial charge on any atom is 0.277 e. The van der Waals surface area contributed by atoms with E-state index in [-0.39, 0.29) is 12.1 Å². The second-order valence-corrected chi connectivity index (χ2v) is 8.29. The minimum Gasteiger partial charge on any atom is -0.279 e. The van der Waals surface area contributed by atoms with Crippen LogP contribution in [0.2, 0.25) is 0 Å². The van der Waals surface area contributed by atoms with Crippen LogP contribution in [0.4, 0.5) is 16.5 Å². The molecule has 0 aliphatic heterocycles. The van der Waals surface area contributed by atoms with Crippen LogP contribution in [0.25, 0.3) is 10.2 Å². The summed E-state index contributed by atoms with van der Waals surface area (Å²) in [5, 5.41) is 23.0. The molecule has 0 spiro atoms. The average molecular weight is 462 g/mol. The van der Waals surface area contributed by atoms with Crippen molar-refractivity contribution in [2.45, 2.75) is 19.9 Å². The topological polar surface area (TPSA) is 119 Å². The van der Waals surface area contributed by atoms with Crippen molar-refractivity contribution in [3.8, 4) is 0 Å². The fraction of sp³-hybridized carbons (Fsp3) is 0.130. The van der Waals surface area contributed by atoms with Crippen LogP contribution in [-0.2, 0) is 13.0 Å². The van der Waals surface area contributed by atoms with Gasteiger partial charge in [-0.2, -0.15) is 0 Å². The molecule has 10 heteroatoms. The van der Waals surface area contributed by atoms with Crippen molar-refractivity contribution in [1.82, 2.24) is 4.98 Å². The van der Waals surface area contributed by atoms with Crippen LogP contribution in [0.1, 0.15) is 28.4 Å². The van der Waals surface area contributed by atoms with Gasteiger partial charge in [-0.15, -0.1) is 0 Å². The Morgan fingerprint density at radius 3 is 2.21 bits per heavy atom. The Bertz CT molecular complexity index is 1340. The van der Waals surface area contributed by atoms with Crippen molar-refractivity contribution >= 4 is 44.0 Å². The van der Waals surface area contributed by atoms with Gasteiger partial charge in [0, 0.05) is 12.1 Å². The molecule has 0 bridgehead atoms. The third-order valence-corrected chi connectivity index (χ3v) is 6.12. The van der Waals surface area contributed by atoms with E-state index in [0.29, 0.717) is 5.13 Å². The first-order chi connectivity index (χ1) is 15.9. The predicted octanol–water partition coefficient (Wildman–Crippen LogP) is 5.52. The lowest BCUT2D eigenvalue weighted by Gasteiger charge is -2.20. The van der Waals surface area contributed by atoms with Gasteiger partial charge in [-0.1, -0.05) is 54.7 Å². The Labute approximate surface area is 192 Å². The maximum atomic E-state index is 13.5. The highest BCUT2D eigenvalue weighted by Gasteiger charge is 2.26. The lowest BCUT2D eigenvalue weighted by Crippen LogP contribution is -2.30. The van der Waals surface area contributed by atoms with Gasteiger partial charge in [0.25, 0.3) is 17.3 Å². The molecule has 1 aromatic heterocycles. The number of fused-ring (bicyclic) bond motifs is 1. The monoisotopic (exact) mass is 462 g/mol. The number of hydrogen-bond donors (Lipinski definition) is 0. The van der Waals surface area contributed by atoms with E-state index in [1.165, 1.54) is 16.2 Å². The molecule has 0 aliphatic rings. The van der Waals surface area contributed by atoms with Crippen LogP contribution in [-0.4, -0.2) is 20.7 Å². The summed E-state index contributed by atoms with van der Waals surface area (Å²) in [5.41, 5.74) is 1.48. The summed E-state index contributed by atoms with van der Waals surface area (Å²) in [6, 6.07) is 18.0. The molecule has 4 rings (SSSR count). The largest absolute Gasteiger partial charge is 0.279 e. The Morgan fingerprint density at radius 2 is 1.61 bits per heavy atom. The van der Waals surface area contributed by atoms with Crippen molar-refractivity contribution < 1.29 is 14.6 Å². The summed E-state index contributed by atoms with van der Waals surface area (Å²) in [6.07, 6.45) is 0.854. The van der Waals surface area contributed by atoms with E-state index in [2.05, 4.69) is 4.98 Å². The number of nitrogens with zero attached hydrogens (tertiary/aromatic N) is 4. The van der Waals surface area contributed by atoms with Gasteiger partial charge >= 0.3 is 0 Å². The molecule has 9 nitrogen and oxygen atoms in total. The first-order valence-electron chi connectivity index (χ1n) is 10.0. The fourth-order valence-corrected chi connectivity index (χ4v) is 4.40. The van der Waals surface area contributed by atoms with Crippen molar-refractivity contribution in [3.63, 3.8) is 0 Å². The van der Waals surface area contributed by atoms with E-state index in [1.807, 2.05) is 55.5 Å². The molecular weight excluding hydrogens is 444 g/mol. The number of carbonyl (C=O) groups excluding carboxylic acids is 1. The summed E-state index contributed by atoms with van der Waals surface area (Å²) in [5.74, 6) is -0.611. The highest BCUT2D eigenvalue weighted by Crippen LogP contribution is 2.33. The molecule has 33 heavy (non-hydrogen) atoms. The second-order valence-electron chi connectivity index (χ2n) is 7.28. The quantitative estimate of drug-likeness (QED) is 0.263. The van der Waals surface area contributed by atoms with Crippen molar-refractivity contribution in [2.24, 2.45) is 0 Å². The van der Waals surface area contributed by atoms with Crippen molar-refractivity contribution in [1.29, 1.82) is 0 Å². The standard InChI is InChI=1S/C23H18N4O5S/c1-2-15-8-9-20-21(10-15)33-23(24-20)25(14-16-6-4-3-5-7-16)22(28)17-11-18(26(29)30)13-19(12-17)27(31)32/h3-13H,2,14H2,1H3. The van der Waals surface area contributed by atoms with Gasteiger partial charge in [0.15, 0.2) is 5.13 Å². The van der Waals surface area contributed by atoms with Gasteiger partial charge in [0.2, 0.25) is 0 Å². The number of amides is 1. The van der Waals surface area contributed by atoms with E-state index in [0.717, 1.165) is 46.0 Å². The second kappa shape index (κ2) is 9.13. The predicted molar refractivity (Wildman–Crippen MR) is 126 cm³/mol. The summed E-state index contributed by atoms with van der Waals surface area (Å²) < 4.78 is 0.903. The number of non-ortho nitro benzene ring substituents is 2. The molecule has 0 aliphatic carbocycles. The molecule has 1 heterocycles. The molecule has 0 N–H and O–H groups in total. The highest BCUT2D eigenvalue weighted by atomic mass is 32.1. The molecule has 0 unspecified atom stereocenters. The summed E-state index contributed by atoms with van der Waals surface area (Å²) in [6.45, 7) is 2.19. The van der Waals surface area contributed by atoms with Crippen LogP contribution in [0.3, 0.4) is 0 Å². The molecule has 0 radical (unpaired) electrons. The number of thiazole rings is 1. The Morgan fingerprint density at radius 1 is 0.939 bits per heavy atom. The van der Waals surface area contributed by atoms with E-state index < -0.39 is 27.1 Å². The van der Waals surface area contributed by atoms with Gasteiger partial charge < -0.3 is 0 Å². The Balaban J connectivity index is 1.82. The minimum atomic E-state index is -0.755. The maximum absolute atomic E-state index is 13.5. The van der Waals surface area contributed by atoms with E-state index >= 15 is 0 Å². The molecule has 1 amide bonds.